The fraction of sp³-hybridized carbons (Fsp3) is 0.581. The van der Waals surface area contributed by atoms with Crippen LogP contribution in [0.2, 0.25) is 0 Å². The van der Waals surface area contributed by atoms with E-state index in [1.54, 1.807) is 0 Å². The maximum Gasteiger partial charge on any atom is 0.0885 e. The zero-order valence-electron chi connectivity index (χ0n) is 33.2. The molecule has 0 radical (unpaired) electrons. The van der Waals surface area contributed by atoms with Crippen molar-refractivity contribution in [1.82, 2.24) is 20.9 Å². The Kier molecular flexibility index (Phi) is 23.6. The molecule has 1 aromatic rings. The number of rotatable bonds is 22. The summed E-state index contributed by atoms with van der Waals surface area (Å²) in [6.07, 6.45) is 8.98. The molecule has 1 aliphatic heterocycles. The zero-order chi connectivity index (χ0) is 37.5. The molecule has 0 amide bonds. The molecule has 1 saturated heterocycles. The van der Waals surface area contributed by atoms with Gasteiger partial charge in [0.05, 0.1) is 18.4 Å². The largest absolute Gasteiger partial charge is 0.386 e. The first kappa shape index (κ1) is 45.5. The number of hydrogen-bond donors (Lipinski definition) is 5. The summed E-state index contributed by atoms with van der Waals surface area (Å²) in [4.78, 5) is 2.37. The van der Waals surface area contributed by atoms with Gasteiger partial charge in [0.2, 0.25) is 0 Å². The van der Waals surface area contributed by atoms with Crippen molar-refractivity contribution >= 4 is 5.69 Å². The van der Waals surface area contributed by atoms with E-state index in [4.69, 9.17) is 5.73 Å². The molecular weight excluding hydrogens is 601 g/mol. The van der Waals surface area contributed by atoms with E-state index in [0.29, 0.717) is 36.0 Å². The van der Waals surface area contributed by atoms with E-state index in [1.807, 2.05) is 13.8 Å². The van der Waals surface area contributed by atoms with Gasteiger partial charge in [-0.05, 0) is 74.0 Å². The highest BCUT2D eigenvalue weighted by Crippen LogP contribution is 2.38. The summed E-state index contributed by atoms with van der Waals surface area (Å²) in [7, 11) is 0. The average molecular weight is 677 g/mol. The average Bonchev–Trinajstić information content (AvgIpc) is 3.33. The number of nitrogens with zero attached hydrogens (tertiary/aromatic N) is 1. The van der Waals surface area contributed by atoms with E-state index < -0.39 is 0 Å². The number of hydrogen-bond acceptors (Lipinski definition) is 6. The van der Waals surface area contributed by atoms with Crippen LogP contribution in [0.25, 0.3) is 0 Å². The standard InChI is InChI=1S/C36H58N4.C5H12N2.C2H6/c1-25(2)22-33-17-19-34(20-18-33)38-29(8)24-37-31(10)36(27(5)6)39-28(7)16-14-12-13-15-21-40-30(9)23-35(26(3)4)32(40)11;1-3-4-7-5(2)6;1-2/h17-20,25-27,35-39H,7-16,21-24H2,1-6H3;7H,2-4,6H2,1H3;1-2H3. The molecule has 1 aliphatic rings. The third-order valence-electron chi connectivity index (χ3n) is 8.48. The molecule has 0 aliphatic carbocycles. The number of nitrogens with one attached hydrogen (secondary N) is 4. The molecule has 49 heavy (non-hydrogen) atoms. The Morgan fingerprint density at radius 2 is 1.49 bits per heavy atom. The third-order valence-corrected chi connectivity index (χ3v) is 8.48. The SMILES string of the molecule is C=C(CNC(=C)C(NC(=C)CCCCCCN1C(=C)CC(C(C)C)C1=C)C(C)C)Nc1ccc(CC(C)C)cc1.C=C(N)NCCC.CC. The van der Waals surface area contributed by atoms with Gasteiger partial charge in [0.1, 0.15) is 0 Å². The van der Waals surface area contributed by atoms with Crippen LogP contribution in [0.5, 0.6) is 0 Å². The van der Waals surface area contributed by atoms with Crippen LogP contribution in [0.1, 0.15) is 113 Å². The van der Waals surface area contributed by atoms with Gasteiger partial charge in [0.15, 0.2) is 0 Å². The number of allylic oxidation sites excluding steroid dienone is 3. The van der Waals surface area contributed by atoms with Crippen LogP contribution < -0.4 is 27.0 Å². The Balaban J connectivity index is 0.00000227. The number of benzene rings is 1. The number of anilines is 1. The summed E-state index contributed by atoms with van der Waals surface area (Å²) in [6.45, 7) is 47.1. The molecule has 0 aromatic heterocycles. The topological polar surface area (TPSA) is 77.4 Å². The molecule has 0 bridgehead atoms. The Hall–Kier alpha value is -3.54. The summed E-state index contributed by atoms with van der Waals surface area (Å²) < 4.78 is 0. The van der Waals surface area contributed by atoms with Crippen molar-refractivity contribution in [3.8, 4) is 0 Å². The molecule has 6 N–H and O–H groups in total. The van der Waals surface area contributed by atoms with Gasteiger partial charge in [0.25, 0.3) is 0 Å². The van der Waals surface area contributed by atoms with Crippen molar-refractivity contribution in [2.75, 3.05) is 25.0 Å². The van der Waals surface area contributed by atoms with E-state index in [9.17, 15) is 0 Å². The van der Waals surface area contributed by atoms with E-state index in [2.05, 4.69) is 138 Å². The van der Waals surface area contributed by atoms with Crippen LogP contribution in [0.4, 0.5) is 5.69 Å². The summed E-state index contributed by atoms with van der Waals surface area (Å²) in [5.41, 5.74) is 13.1. The van der Waals surface area contributed by atoms with Gasteiger partial charge in [-0.3, -0.25) is 0 Å². The predicted molar refractivity (Wildman–Crippen MR) is 220 cm³/mol. The van der Waals surface area contributed by atoms with Gasteiger partial charge in [-0.1, -0.05) is 127 Å². The van der Waals surface area contributed by atoms with Crippen molar-refractivity contribution < 1.29 is 0 Å². The molecular formula is C43H76N6. The van der Waals surface area contributed by atoms with E-state index in [0.717, 1.165) is 68.0 Å². The van der Waals surface area contributed by atoms with Crippen molar-refractivity contribution in [1.29, 1.82) is 0 Å². The van der Waals surface area contributed by atoms with E-state index in [-0.39, 0.29) is 6.04 Å². The summed E-state index contributed by atoms with van der Waals surface area (Å²) in [6, 6.07) is 8.76. The molecule has 6 heteroatoms. The van der Waals surface area contributed by atoms with E-state index in [1.165, 1.54) is 36.2 Å². The molecule has 0 spiro atoms. The minimum Gasteiger partial charge on any atom is -0.386 e. The summed E-state index contributed by atoms with van der Waals surface area (Å²) >= 11 is 0. The van der Waals surface area contributed by atoms with Crippen molar-refractivity contribution in [2.45, 2.75) is 120 Å². The molecule has 2 rings (SSSR count). The van der Waals surface area contributed by atoms with Gasteiger partial charge in [-0.2, -0.15) is 0 Å². The Bertz CT molecular complexity index is 1140. The quantitative estimate of drug-likeness (QED) is 0.0787. The second kappa shape index (κ2) is 25.4. The first-order valence-electron chi connectivity index (χ1n) is 18.9. The lowest BCUT2D eigenvalue weighted by molar-refractivity contribution is 0.394. The van der Waals surface area contributed by atoms with Crippen LogP contribution >= 0.6 is 0 Å². The maximum absolute atomic E-state index is 5.17. The lowest BCUT2D eigenvalue weighted by Crippen LogP contribution is -2.40. The van der Waals surface area contributed by atoms with Crippen molar-refractivity contribution in [3.05, 3.63) is 104 Å². The van der Waals surface area contributed by atoms with Crippen LogP contribution in [-0.2, 0) is 6.42 Å². The minimum atomic E-state index is 0.122. The Labute approximate surface area is 303 Å². The van der Waals surface area contributed by atoms with Crippen LogP contribution in [0.15, 0.2) is 98.0 Å². The molecule has 2 unspecified atom stereocenters. The second-order valence-electron chi connectivity index (χ2n) is 14.3. The first-order valence-corrected chi connectivity index (χ1v) is 18.9. The zero-order valence-corrected chi connectivity index (χ0v) is 33.2. The number of nitrogens with two attached hydrogens (primary N) is 1. The molecule has 278 valence electrons. The number of unbranched alkanes of at least 4 members (excludes halogenated alkanes) is 3. The van der Waals surface area contributed by atoms with Crippen molar-refractivity contribution in [3.63, 3.8) is 0 Å². The molecule has 2 atom stereocenters. The highest BCUT2D eigenvalue weighted by molar-refractivity contribution is 5.49. The highest BCUT2D eigenvalue weighted by atomic mass is 15.2. The summed E-state index contributed by atoms with van der Waals surface area (Å²) in [5, 5.41) is 13.4. The highest BCUT2D eigenvalue weighted by Gasteiger charge is 2.30. The van der Waals surface area contributed by atoms with Gasteiger partial charge >= 0.3 is 0 Å². The monoisotopic (exact) mass is 677 g/mol. The van der Waals surface area contributed by atoms with Crippen molar-refractivity contribution in [2.24, 2.45) is 29.4 Å². The first-order chi connectivity index (χ1) is 23.2. The van der Waals surface area contributed by atoms with Crippen LogP contribution in [-0.4, -0.2) is 30.6 Å². The normalized spacial score (nSPS) is 14.4. The van der Waals surface area contributed by atoms with Gasteiger partial charge in [0, 0.05) is 53.2 Å². The lowest BCUT2D eigenvalue weighted by Gasteiger charge is -2.28. The molecule has 1 aromatic carbocycles. The van der Waals surface area contributed by atoms with Crippen LogP contribution in [0, 0.1) is 23.7 Å². The lowest BCUT2D eigenvalue weighted by atomic mass is 9.92. The van der Waals surface area contributed by atoms with Gasteiger partial charge < -0.3 is 31.9 Å². The smallest absolute Gasteiger partial charge is 0.0885 e. The Morgan fingerprint density at radius 1 is 0.878 bits per heavy atom. The van der Waals surface area contributed by atoms with Gasteiger partial charge in [-0.15, -0.1) is 0 Å². The predicted octanol–water partition coefficient (Wildman–Crippen LogP) is 10.4. The fourth-order valence-electron chi connectivity index (χ4n) is 5.78. The summed E-state index contributed by atoms with van der Waals surface area (Å²) in [5.74, 6) is 2.79. The second-order valence-corrected chi connectivity index (χ2v) is 14.3. The minimum absolute atomic E-state index is 0.122. The van der Waals surface area contributed by atoms with Gasteiger partial charge in [-0.25, -0.2) is 0 Å². The fourth-order valence-corrected chi connectivity index (χ4v) is 5.78. The number of likely N-dealkylation sites (tertiary alicyclic amines) is 1. The van der Waals surface area contributed by atoms with Crippen LogP contribution in [0.3, 0.4) is 0 Å². The Morgan fingerprint density at radius 3 is 1.98 bits per heavy atom. The third kappa shape index (κ3) is 19.3. The molecule has 1 heterocycles. The maximum atomic E-state index is 5.17. The molecule has 6 nitrogen and oxygen atoms in total. The molecule has 1 fully saturated rings. The molecule has 0 saturated carbocycles. The van der Waals surface area contributed by atoms with E-state index >= 15 is 0 Å².